The molecule has 1 aromatic carbocycles. The number of aromatic nitrogens is 2. The summed E-state index contributed by atoms with van der Waals surface area (Å²) in [6.45, 7) is 4.11. The summed E-state index contributed by atoms with van der Waals surface area (Å²) >= 11 is 1.45. The topological polar surface area (TPSA) is 38.9 Å². The predicted octanol–water partition coefficient (Wildman–Crippen LogP) is 3.08. The van der Waals surface area contributed by atoms with Crippen LogP contribution >= 0.6 is 11.8 Å². The SMILES string of the molecule is CSc1nnc(-c2ccc(C)cc2C)o1. The lowest BCUT2D eigenvalue weighted by Gasteiger charge is -2.01. The number of thioether (sulfide) groups is 1. The van der Waals surface area contributed by atoms with Crippen LogP contribution in [0.25, 0.3) is 11.5 Å². The maximum atomic E-state index is 5.48. The molecule has 0 radical (unpaired) electrons. The Morgan fingerprint density at radius 1 is 1.20 bits per heavy atom. The van der Waals surface area contributed by atoms with E-state index in [0.717, 1.165) is 11.1 Å². The van der Waals surface area contributed by atoms with Crippen LogP contribution in [-0.2, 0) is 0 Å². The Bertz CT molecular complexity index is 479. The van der Waals surface area contributed by atoms with E-state index in [4.69, 9.17) is 4.42 Å². The van der Waals surface area contributed by atoms with Gasteiger partial charge in [-0.05, 0) is 31.7 Å². The Morgan fingerprint density at radius 2 is 2.00 bits per heavy atom. The van der Waals surface area contributed by atoms with Crippen molar-refractivity contribution >= 4 is 11.8 Å². The van der Waals surface area contributed by atoms with Crippen molar-refractivity contribution in [1.82, 2.24) is 10.2 Å². The van der Waals surface area contributed by atoms with Crippen LogP contribution in [0.3, 0.4) is 0 Å². The summed E-state index contributed by atoms with van der Waals surface area (Å²) in [4.78, 5) is 0. The smallest absolute Gasteiger partial charge is 0.276 e. The van der Waals surface area contributed by atoms with Gasteiger partial charge in [-0.1, -0.05) is 29.5 Å². The molecule has 0 amide bonds. The van der Waals surface area contributed by atoms with Crippen LogP contribution in [0.5, 0.6) is 0 Å². The van der Waals surface area contributed by atoms with Crippen LogP contribution in [0, 0.1) is 13.8 Å². The van der Waals surface area contributed by atoms with Crippen molar-refractivity contribution in [2.24, 2.45) is 0 Å². The number of aryl methyl sites for hydroxylation is 2. The molecule has 0 unspecified atom stereocenters. The van der Waals surface area contributed by atoms with Gasteiger partial charge in [-0.3, -0.25) is 0 Å². The first kappa shape index (κ1) is 10.2. The molecular formula is C11H12N2OS. The van der Waals surface area contributed by atoms with E-state index in [-0.39, 0.29) is 0 Å². The first-order valence-electron chi connectivity index (χ1n) is 4.66. The van der Waals surface area contributed by atoms with E-state index >= 15 is 0 Å². The monoisotopic (exact) mass is 220 g/mol. The highest BCUT2D eigenvalue weighted by Crippen LogP contribution is 2.25. The highest BCUT2D eigenvalue weighted by Gasteiger charge is 2.09. The molecule has 0 saturated carbocycles. The van der Waals surface area contributed by atoms with E-state index in [9.17, 15) is 0 Å². The lowest BCUT2D eigenvalue weighted by Crippen LogP contribution is -1.84. The molecule has 15 heavy (non-hydrogen) atoms. The van der Waals surface area contributed by atoms with Crippen LogP contribution in [-0.4, -0.2) is 16.5 Å². The number of rotatable bonds is 2. The first-order chi connectivity index (χ1) is 7.20. The fourth-order valence-electron chi connectivity index (χ4n) is 1.45. The molecule has 4 heteroatoms. The molecule has 3 nitrogen and oxygen atoms in total. The quantitative estimate of drug-likeness (QED) is 0.729. The summed E-state index contributed by atoms with van der Waals surface area (Å²) in [5.41, 5.74) is 3.40. The average Bonchev–Trinajstić information content (AvgIpc) is 2.66. The summed E-state index contributed by atoms with van der Waals surface area (Å²) < 4.78 is 5.48. The number of benzene rings is 1. The minimum Gasteiger partial charge on any atom is -0.411 e. The van der Waals surface area contributed by atoms with Crippen molar-refractivity contribution in [3.05, 3.63) is 29.3 Å². The third-order valence-electron chi connectivity index (χ3n) is 2.19. The molecule has 2 aromatic rings. The van der Waals surface area contributed by atoms with Crippen molar-refractivity contribution in [3.8, 4) is 11.5 Å². The molecule has 2 rings (SSSR count). The fraction of sp³-hybridized carbons (Fsp3) is 0.273. The lowest BCUT2D eigenvalue weighted by molar-refractivity contribution is 0.466. The van der Waals surface area contributed by atoms with Crippen molar-refractivity contribution in [2.45, 2.75) is 19.1 Å². The molecule has 0 atom stereocenters. The standard InChI is InChI=1S/C11H12N2OS/c1-7-4-5-9(8(2)6-7)10-12-13-11(14-10)15-3/h4-6H,1-3H3. The van der Waals surface area contributed by atoms with E-state index in [1.165, 1.54) is 17.3 Å². The Labute approximate surface area is 92.9 Å². The zero-order chi connectivity index (χ0) is 10.8. The molecule has 0 aliphatic carbocycles. The summed E-state index contributed by atoms with van der Waals surface area (Å²) in [5.74, 6) is 0.594. The Balaban J connectivity index is 2.44. The average molecular weight is 220 g/mol. The van der Waals surface area contributed by atoms with Gasteiger partial charge in [0, 0.05) is 5.56 Å². The van der Waals surface area contributed by atoms with Gasteiger partial charge >= 0.3 is 0 Å². The maximum Gasteiger partial charge on any atom is 0.276 e. The zero-order valence-corrected chi connectivity index (χ0v) is 9.76. The predicted molar refractivity (Wildman–Crippen MR) is 61.0 cm³/mol. The van der Waals surface area contributed by atoms with Crippen molar-refractivity contribution in [1.29, 1.82) is 0 Å². The van der Waals surface area contributed by atoms with Crippen LogP contribution in [0.2, 0.25) is 0 Å². The Kier molecular flexibility index (Phi) is 2.77. The number of nitrogens with zero attached hydrogens (tertiary/aromatic N) is 2. The van der Waals surface area contributed by atoms with Gasteiger partial charge in [0.25, 0.3) is 5.22 Å². The molecule has 0 bridgehead atoms. The molecule has 0 spiro atoms. The third kappa shape index (κ3) is 2.04. The molecule has 0 fully saturated rings. The summed E-state index contributed by atoms with van der Waals surface area (Å²) in [5, 5.41) is 8.53. The first-order valence-corrected chi connectivity index (χ1v) is 5.88. The van der Waals surface area contributed by atoms with Crippen molar-refractivity contribution in [2.75, 3.05) is 6.26 Å². The third-order valence-corrected chi connectivity index (χ3v) is 2.71. The molecule has 78 valence electrons. The van der Waals surface area contributed by atoms with Gasteiger partial charge in [0.2, 0.25) is 5.89 Å². The van der Waals surface area contributed by atoms with Crippen LogP contribution in [0.4, 0.5) is 0 Å². The molecule has 0 saturated heterocycles. The fourth-order valence-corrected chi connectivity index (χ4v) is 1.74. The van der Waals surface area contributed by atoms with Gasteiger partial charge in [-0.15, -0.1) is 10.2 Å². The van der Waals surface area contributed by atoms with Crippen LogP contribution in [0.15, 0.2) is 27.8 Å². The van der Waals surface area contributed by atoms with E-state index in [1.54, 1.807) is 0 Å². The summed E-state index contributed by atoms with van der Waals surface area (Å²) in [7, 11) is 0. The van der Waals surface area contributed by atoms with Gasteiger partial charge < -0.3 is 4.42 Å². The number of hydrogen-bond donors (Lipinski definition) is 0. The van der Waals surface area contributed by atoms with Gasteiger partial charge in [-0.2, -0.15) is 0 Å². The van der Waals surface area contributed by atoms with E-state index in [0.29, 0.717) is 11.1 Å². The van der Waals surface area contributed by atoms with Crippen molar-refractivity contribution < 1.29 is 4.42 Å². The van der Waals surface area contributed by atoms with Crippen molar-refractivity contribution in [3.63, 3.8) is 0 Å². The largest absolute Gasteiger partial charge is 0.411 e. The van der Waals surface area contributed by atoms with E-state index < -0.39 is 0 Å². The molecule has 0 N–H and O–H groups in total. The van der Waals surface area contributed by atoms with Gasteiger partial charge in [0.05, 0.1) is 0 Å². The van der Waals surface area contributed by atoms with E-state index in [2.05, 4.69) is 23.2 Å². The normalized spacial score (nSPS) is 10.6. The second-order valence-electron chi connectivity index (χ2n) is 3.40. The molecule has 0 aliphatic heterocycles. The lowest BCUT2D eigenvalue weighted by atomic mass is 10.1. The minimum absolute atomic E-state index is 0.594. The maximum absolute atomic E-state index is 5.48. The minimum atomic E-state index is 0.594. The molecular weight excluding hydrogens is 208 g/mol. The van der Waals surface area contributed by atoms with Gasteiger partial charge in [0.15, 0.2) is 0 Å². The second kappa shape index (κ2) is 4.06. The van der Waals surface area contributed by atoms with Crippen LogP contribution in [0.1, 0.15) is 11.1 Å². The number of hydrogen-bond acceptors (Lipinski definition) is 4. The highest BCUT2D eigenvalue weighted by molar-refractivity contribution is 7.98. The highest BCUT2D eigenvalue weighted by atomic mass is 32.2. The molecule has 0 aliphatic rings. The van der Waals surface area contributed by atoms with Crippen LogP contribution < -0.4 is 0 Å². The van der Waals surface area contributed by atoms with E-state index in [1.807, 2.05) is 25.3 Å². The summed E-state index contributed by atoms with van der Waals surface area (Å²) in [6.07, 6.45) is 1.92. The molecule has 1 aromatic heterocycles. The van der Waals surface area contributed by atoms with Gasteiger partial charge in [0.1, 0.15) is 0 Å². The zero-order valence-electron chi connectivity index (χ0n) is 8.94. The second-order valence-corrected chi connectivity index (χ2v) is 4.15. The Morgan fingerprint density at radius 3 is 2.60 bits per heavy atom. The molecule has 1 heterocycles. The van der Waals surface area contributed by atoms with Gasteiger partial charge in [-0.25, -0.2) is 0 Å². The Hall–Kier alpha value is -1.29. The summed E-state index contributed by atoms with van der Waals surface area (Å²) in [6, 6.07) is 6.17.